The number of ether oxygens (including phenoxy) is 1. The molecule has 94 valence electrons. The number of carbonyl (C=O) groups excluding carboxylic acids is 1. The second-order valence-corrected chi connectivity index (χ2v) is 4.74. The topological polar surface area (TPSA) is 38.3 Å². The van der Waals surface area contributed by atoms with Crippen LogP contribution in [0, 0.1) is 0 Å². The summed E-state index contributed by atoms with van der Waals surface area (Å²) in [5.41, 5.74) is -0.305. The van der Waals surface area contributed by atoms with Gasteiger partial charge >= 0.3 is 0 Å². The van der Waals surface area contributed by atoms with E-state index in [1.54, 1.807) is 0 Å². The van der Waals surface area contributed by atoms with Gasteiger partial charge in [0.05, 0.1) is 6.61 Å². The van der Waals surface area contributed by atoms with Crippen molar-refractivity contribution in [2.75, 3.05) is 12.5 Å². The van der Waals surface area contributed by atoms with Crippen LogP contribution >= 0.6 is 11.6 Å². The minimum Gasteiger partial charge on any atom is -0.494 e. The van der Waals surface area contributed by atoms with Crippen LogP contribution in [0.4, 0.5) is 0 Å². The Labute approximate surface area is 107 Å². The molecule has 0 atom stereocenters. The third kappa shape index (κ3) is 5.59. The lowest BCUT2D eigenvalue weighted by molar-refractivity contribution is -0.120. The van der Waals surface area contributed by atoms with Gasteiger partial charge in [-0.15, -0.1) is 11.6 Å². The molecule has 0 aliphatic carbocycles. The highest BCUT2D eigenvalue weighted by atomic mass is 35.5. The molecule has 0 aliphatic heterocycles. The molecule has 1 amide bonds. The SMILES string of the molecule is CC(C)(CCOc1ccccc1)NC(=O)CCl. The Morgan fingerprint density at radius 3 is 2.59 bits per heavy atom. The van der Waals surface area contributed by atoms with E-state index < -0.39 is 0 Å². The zero-order valence-corrected chi connectivity index (χ0v) is 11.0. The van der Waals surface area contributed by atoms with Crippen molar-refractivity contribution in [2.45, 2.75) is 25.8 Å². The molecule has 0 saturated carbocycles. The van der Waals surface area contributed by atoms with Gasteiger partial charge in [-0.2, -0.15) is 0 Å². The average Bonchev–Trinajstić information content (AvgIpc) is 2.29. The second kappa shape index (κ2) is 6.50. The summed E-state index contributed by atoms with van der Waals surface area (Å²) in [5.74, 6) is 0.673. The molecule has 1 rings (SSSR count). The summed E-state index contributed by atoms with van der Waals surface area (Å²) in [5, 5.41) is 2.84. The Kier molecular flexibility index (Phi) is 5.29. The fraction of sp³-hybridized carbons (Fsp3) is 0.462. The average molecular weight is 256 g/mol. The Morgan fingerprint density at radius 1 is 1.35 bits per heavy atom. The van der Waals surface area contributed by atoms with Gasteiger partial charge in [0, 0.05) is 12.0 Å². The number of halogens is 1. The summed E-state index contributed by atoms with van der Waals surface area (Å²) < 4.78 is 5.57. The first-order valence-corrected chi connectivity index (χ1v) is 6.12. The molecule has 4 heteroatoms. The fourth-order valence-electron chi connectivity index (χ4n) is 1.41. The van der Waals surface area contributed by atoms with Crippen LogP contribution in [0.1, 0.15) is 20.3 Å². The number of alkyl halides is 1. The monoisotopic (exact) mass is 255 g/mol. The Hall–Kier alpha value is -1.22. The van der Waals surface area contributed by atoms with Crippen LogP contribution in [-0.4, -0.2) is 23.9 Å². The summed E-state index contributed by atoms with van der Waals surface area (Å²) in [6.45, 7) is 4.46. The maximum Gasteiger partial charge on any atom is 0.235 e. The summed E-state index contributed by atoms with van der Waals surface area (Å²) in [6.07, 6.45) is 0.727. The number of amides is 1. The van der Waals surface area contributed by atoms with Gasteiger partial charge in [-0.1, -0.05) is 18.2 Å². The number of para-hydroxylation sites is 1. The Morgan fingerprint density at radius 2 is 2.00 bits per heavy atom. The molecule has 3 nitrogen and oxygen atoms in total. The van der Waals surface area contributed by atoms with E-state index in [1.165, 1.54) is 0 Å². The standard InChI is InChI=1S/C13H18ClNO2/c1-13(2,15-12(16)10-14)8-9-17-11-6-4-3-5-7-11/h3-7H,8-10H2,1-2H3,(H,15,16). The molecular formula is C13H18ClNO2. The van der Waals surface area contributed by atoms with E-state index in [0.29, 0.717) is 6.61 Å². The lowest BCUT2D eigenvalue weighted by Gasteiger charge is -2.25. The maximum absolute atomic E-state index is 11.2. The van der Waals surface area contributed by atoms with Crippen LogP contribution < -0.4 is 10.1 Å². The molecule has 0 spiro atoms. The zero-order chi connectivity index (χ0) is 12.7. The highest BCUT2D eigenvalue weighted by Gasteiger charge is 2.19. The molecule has 0 heterocycles. The van der Waals surface area contributed by atoms with Crippen molar-refractivity contribution >= 4 is 17.5 Å². The van der Waals surface area contributed by atoms with Gasteiger partial charge in [-0.25, -0.2) is 0 Å². The largest absolute Gasteiger partial charge is 0.494 e. The molecule has 1 aromatic rings. The molecular weight excluding hydrogens is 238 g/mol. The molecule has 17 heavy (non-hydrogen) atoms. The maximum atomic E-state index is 11.2. The van der Waals surface area contributed by atoms with Crippen LogP contribution in [0.5, 0.6) is 5.75 Å². The van der Waals surface area contributed by atoms with Gasteiger partial charge < -0.3 is 10.1 Å². The van der Waals surface area contributed by atoms with E-state index in [4.69, 9.17) is 16.3 Å². The predicted octanol–water partition coefficient (Wildman–Crippen LogP) is 2.59. The molecule has 1 aromatic carbocycles. The van der Waals surface area contributed by atoms with Gasteiger partial charge in [-0.05, 0) is 26.0 Å². The highest BCUT2D eigenvalue weighted by molar-refractivity contribution is 6.27. The van der Waals surface area contributed by atoms with E-state index in [2.05, 4.69) is 5.32 Å². The first-order chi connectivity index (χ1) is 8.03. The van der Waals surface area contributed by atoms with Crippen molar-refractivity contribution < 1.29 is 9.53 Å². The van der Waals surface area contributed by atoms with Crippen LogP contribution in [0.15, 0.2) is 30.3 Å². The minimum atomic E-state index is -0.305. The molecule has 0 radical (unpaired) electrons. The van der Waals surface area contributed by atoms with Crippen molar-refractivity contribution in [1.29, 1.82) is 0 Å². The van der Waals surface area contributed by atoms with Crippen LogP contribution in [-0.2, 0) is 4.79 Å². The van der Waals surface area contributed by atoms with E-state index >= 15 is 0 Å². The van der Waals surface area contributed by atoms with Crippen LogP contribution in [0.3, 0.4) is 0 Å². The van der Waals surface area contributed by atoms with Crippen molar-refractivity contribution in [3.63, 3.8) is 0 Å². The number of carbonyl (C=O) groups is 1. The van der Waals surface area contributed by atoms with Gasteiger partial charge in [0.2, 0.25) is 5.91 Å². The van der Waals surface area contributed by atoms with Crippen molar-refractivity contribution in [3.8, 4) is 5.75 Å². The van der Waals surface area contributed by atoms with Gasteiger partial charge in [0.1, 0.15) is 11.6 Å². The Balaban J connectivity index is 2.32. The lowest BCUT2D eigenvalue weighted by atomic mass is 10.0. The molecule has 1 N–H and O–H groups in total. The quantitative estimate of drug-likeness (QED) is 0.794. The molecule has 0 saturated heterocycles. The highest BCUT2D eigenvalue weighted by Crippen LogP contribution is 2.12. The number of benzene rings is 1. The summed E-state index contributed by atoms with van der Waals surface area (Å²) in [7, 11) is 0. The normalized spacial score (nSPS) is 11.0. The van der Waals surface area contributed by atoms with Crippen LogP contribution in [0.25, 0.3) is 0 Å². The second-order valence-electron chi connectivity index (χ2n) is 4.48. The molecule has 0 unspecified atom stereocenters. The smallest absolute Gasteiger partial charge is 0.235 e. The summed E-state index contributed by atoms with van der Waals surface area (Å²) in [6, 6.07) is 9.61. The summed E-state index contributed by atoms with van der Waals surface area (Å²) in [4.78, 5) is 11.2. The summed E-state index contributed by atoms with van der Waals surface area (Å²) >= 11 is 5.44. The van der Waals surface area contributed by atoms with E-state index in [1.807, 2.05) is 44.2 Å². The van der Waals surface area contributed by atoms with Crippen LogP contribution in [0.2, 0.25) is 0 Å². The van der Waals surface area contributed by atoms with Crippen molar-refractivity contribution in [1.82, 2.24) is 5.32 Å². The fourth-order valence-corrected chi connectivity index (χ4v) is 1.48. The van der Waals surface area contributed by atoms with E-state index in [0.717, 1.165) is 12.2 Å². The number of nitrogens with one attached hydrogen (secondary N) is 1. The van der Waals surface area contributed by atoms with Crippen molar-refractivity contribution in [3.05, 3.63) is 30.3 Å². The van der Waals surface area contributed by atoms with Gasteiger partial charge in [-0.3, -0.25) is 4.79 Å². The molecule has 0 fully saturated rings. The number of hydrogen-bond donors (Lipinski definition) is 1. The van der Waals surface area contributed by atoms with E-state index in [-0.39, 0.29) is 17.3 Å². The minimum absolute atomic E-state index is 0.0109. The Bertz CT molecular complexity index is 352. The van der Waals surface area contributed by atoms with Gasteiger partial charge in [0.15, 0.2) is 0 Å². The predicted molar refractivity (Wildman–Crippen MR) is 69.5 cm³/mol. The first kappa shape index (κ1) is 13.8. The third-order valence-electron chi connectivity index (χ3n) is 2.34. The third-order valence-corrected chi connectivity index (χ3v) is 2.58. The molecule has 0 aliphatic rings. The van der Waals surface area contributed by atoms with Gasteiger partial charge in [0.25, 0.3) is 0 Å². The zero-order valence-electron chi connectivity index (χ0n) is 10.2. The number of hydrogen-bond acceptors (Lipinski definition) is 2. The first-order valence-electron chi connectivity index (χ1n) is 5.58. The van der Waals surface area contributed by atoms with E-state index in [9.17, 15) is 4.79 Å². The molecule has 0 aromatic heterocycles. The van der Waals surface area contributed by atoms with Crippen molar-refractivity contribution in [2.24, 2.45) is 0 Å². The number of rotatable bonds is 6. The lowest BCUT2D eigenvalue weighted by Crippen LogP contribution is -2.45. The molecule has 0 bridgehead atoms.